The fraction of sp³-hybridized carbons (Fsp3) is 0.897. The molecule has 11 unspecified atom stereocenters. The highest BCUT2D eigenvalue weighted by atomic mass is 16.3. The van der Waals surface area contributed by atoms with Crippen LogP contribution >= 0.6 is 0 Å². The fourth-order valence-corrected chi connectivity index (χ4v) is 10.2. The van der Waals surface area contributed by atoms with E-state index in [1.54, 1.807) is 0 Å². The first-order chi connectivity index (χ1) is 14.6. The van der Waals surface area contributed by atoms with Crippen molar-refractivity contribution >= 4 is 5.78 Å². The molecule has 5 aliphatic carbocycles. The Balaban J connectivity index is 1.34. The maximum Gasteiger partial charge on any atom is 0.187 e. The monoisotopic (exact) mass is 426 g/mol. The molecule has 0 aromatic heterocycles. The summed E-state index contributed by atoms with van der Waals surface area (Å²) in [5.74, 6) is 7.69. The zero-order chi connectivity index (χ0) is 22.3. The first-order valence-electron chi connectivity index (χ1n) is 13.5. The van der Waals surface area contributed by atoms with Crippen molar-refractivity contribution in [3.8, 4) is 0 Å². The molecule has 0 amide bonds. The second-order valence-electron chi connectivity index (χ2n) is 13.4. The lowest BCUT2D eigenvalue weighted by atomic mass is 9.46. The molecule has 0 bridgehead atoms. The Bertz CT molecular complexity index is 767. The second kappa shape index (κ2) is 7.44. The minimum absolute atomic E-state index is 0.0121. The first kappa shape index (κ1) is 22.2. The van der Waals surface area contributed by atoms with Crippen LogP contribution in [0.3, 0.4) is 0 Å². The summed E-state index contributed by atoms with van der Waals surface area (Å²) in [4.78, 5) is 12.8. The lowest BCUT2D eigenvalue weighted by Crippen LogP contribution is -2.52. The van der Waals surface area contributed by atoms with Crippen LogP contribution in [-0.2, 0) is 4.79 Å². The van der Waals surface area contributed by atoms with Gasteiger partial charge in [0, 0.05) is 5.57 Å². The van der Waals surface area contributed by atoms with Gasteiger partial charge in [-0.15, -0.1) is 0 Å². The van der Waals surface area contributed by atoms with Crippen molar-refractivity contribution in [1.82, 2.24) is 0 Å². The molecule has 0 spiro atoms. The quantitative estimate of drug-likeness (QED) is 0.545. The summed E-state index contributed by atoms with van der Waals surface area (Å²) in [7, 11) is 0. The van der Waals surface area contributed by atoms with E-state index in [1.165, 1.54) is 32.1 Å². The summed E-state index contributed by atoms with van der Waals surface area (Å²) >= 11 is 0. The van der Waals surface area contributed by atoms with E-state index in [1.807, 2.05) is 0 Å². The molecule has 0 saturated heterocycles. The standard InChI is InChI=1S/C29H46O2/c1-16(2)26-18(4)20(26)15-17(3)21-9-10-22-19-7-8-24-27(31)25(30)12-14-29(24,6)23(19)11-13-28(21,22)5/h8,16-23,25-26,30H,7,9-15H2,1-6H3. The Kier molecular flexibility index (Phi) is 5.32. The number of carbonyl (C=O) groups is 1. The van der Waals surface area contributed by atoms with Crippen molar-refractivity contribution in [2.24, 2.45) is 64.1 Å². The van der Waals surface area contributed by atoms with Crippen LogP contribution in [0.25, 0.3) is 0 Å². The van der Waals surface area contributed by atoms with E-state index >= 15 is 0 Å². The molecular formula is C29H46O2. The number of hydrogen-bond acceptors (Lipinski definition) is 2. The van der Waals surface area contributed by atoms with Gasteiger partial charge in [-0.1, -0.05) is 47.6 Å². The number of ketones is 1. The third-order valence-corrected chi connectivity index (χ3v) is 11.8. The van der Waals surface area contributed by atoms with Crippen molar-refractivity contribution in [3.63, 3.8) is 0 Å². The lowest BCUT2D eigenvalue weighted by molar-refractivity contribution is -0.131. The topological polar surface area (TPSA) is 37.3 Å². The van der Waals surface area contributed by atoms with Gasteiger partial charge in [0.25, 0.3) is 0 Å². The summed E-state index contributed by atoms with van der Waals surface area (Å²) < 4.78 is 0. The van der Waals surface area contributed by atoms with Gasteiger partial charge in [-0.05, 0) is 115 Å². The van der Waals surface area contributed by atoms with Crippen molar-refractivity contribution in [3.05, 3.63) is 11.6 Å². The summed E-state index contributed by atoms with van der Waals surface area (Å²) in [5.41, 5.74) is 1.49. The molecule has 2 heteroatoms. The molecule has 5 rings (SSSR count). The van der Waals surface area contributed by atoms with Crippen LogP contribution in [0, 0.1) is 64.1 Å². The summed E-state index contributed by atoms with van der Waals surface area (Å²) in [6, 6.07) is 0. The zero-order valence-corrected chi connectivity index (χ0v) is 20.9. The molecule has 174 valence electrons. The van der Waals surface area contributed by atoms with Crippen molar-refractivity contribution in [2.45, 2.75) is 99.0 Å². The van der Waals surface area contributed by atoms with Gasteiger partial charge in [-0.3, -0.25) is 4.79 Å². The Morgan fingerprint density at radius 1 is 1.06 bits per heavy atom. The predicted octanol–water partition coefficient (Wildman–Crippen LogP) is 6.67. The van der Waals surface area contributed by atoms with Crippen LogP contribution in [0.5, 0.6) is 0 Å². The van der Waals surface area contributed by atoms with E-state index in [-0.39, 0.29) is 11.2 Å². The summed E-state index contributed by atoms with van der Waals surface area (Å²) in [5, 5.41) is 10.2. The molecule has 0 aromatic rings. The van der Waals surface area contributed by atoms with E-state index in [9.17, 15) is 9.90 Å². The molecular weight excluding hydrogens is 380 g/mol. The fourth-order valence-electron chi connectivity index (χ4n) is 10.2. The average molecular weight is 427 g/mol. The van der Waals surface area contributed by atoms with Crippen LogP contribution in [0.15, 0.2) is 11.6 Å². The molecule has 4 fully saturated rings. The number of carbonyl (C=O) groups excluding carboxylic acids is 1. The molecule has 0 aromatic carbocycles. The number of rotatable bonds is 4. The van der Waals surface area contributed by atoms with Gasteiger partial charge in [0.15, 0.2) is 5.78 Å². The number of hydrogen-bond donors (Lipinski definition) is 1. The van der Waals surface area contributed by atoms with Gasteiger partial charge in [0.05, 0.1) is 0 Å². The Labute approximate surface area is 190 Å². The van der Waals surface area contributed by atoms with E-state index < -0.39 is 6.10 Å². The molecule has 0 aliphatic heterocycles. The van der Waals surface area contributed by atoms with Crippen LogP contribution in [-0.4, -0.2) is 17.0 Å². The van der Waals surface area contributed by atoms with Crippen molar-refractivity contribution < 1.29 is 9.90 Å². The average Bonchev–Trinajstić information content (AvgIpc) is 3.19. The highest BCUT2D eigenvalue weighted by molar-refractivity contribution is 6.00. The number of aliphatic hydroxyl groups is 1. The number of Topliss-reactive ketones (excluding diaryl/α,β-unsaturated/α-hetero) is 1. The van der Waals surface area contributed by atoms with Crippen LogP contribution in [0.1, 0.15) is 92.9 Å². The Hall–Kier alpha value is -0.630. The van der Waals surface area contributed by atoms with Crippen LogP contribution in [0.4, 0.5) is 0 Å². The lowest BCUT2D eigenvalue weighted by Gasteiger charge is -2.58. The molecule has 5 aliphatic rings. The largest absolute Gasteiger partial charge is 0.385 e. The van der Waals surface area contributed by atoms with Crippen molar-refractivity contribution in [2.75, 3.05) is 0 Å². The SMILES string of the molecule is CC(C)C1C(C)C1CC(C)C1CCC2C3CC=C4C(=O)C(O)CCC4(C)C3CCC12C. The maximum atomic E-state index is 12.8. The van der Waals surface area contributed by atoms with Crippen LogP contribution in [0.2, 0.25) is 0 Å². The summed E-state index contributed by atoms with van der Waals surface area (Å²) in [6.45, 7) is 14.9. The number of fused-ring (bicyclic) bond motifs is 5. The van der Waals surface area contributed by atoms with Gasteiger partial charge in [0.1, 0.15) is 6.10 Å². The van der Waals surface area contributed by atoms with E-state index in [0.29, 0.717) is 17.8 Å². The normalized spacial score (nSPS) is 52.3. The van der Waals surface area contributed by atoms with E-state index in [0.717, 1.165) is 65.8 Å². The number of allylic oxidation sites excluding steroid dienone is 1. The zero-order valence-electron chi connectivity index (χ0n) is 20.9. The van der Waals surface area contributed by atoms with E-state index in [4.69, 9.17) is 0 Å². The molecule has 31 heavy (non-hydrogen) atoms. The Morgan fingerprint density at radius 3 is 2.48 bits per heavy atom. The summed E-state index contributed by atoms with van der Waals surface area (Å²) in [6.07, 6.45) is 11.1. The van der Waals surface area contributed by atoms with E-state index in [2.05, 4.69) is 47.6 Å². The van der Waals surface area contributed by atoms with Gasteiger partial charge in [0.2, 0.25) is 0 Å². The molecule has 1 N–H and O–H groups in total. The molecule has 4 saturated carbocycles. The van der Waals surface area contributed by atoms with Gasteiger partial charge < -0.3 is 5.11 Å². The van der Waals surface area contributed by atoms with Gasteiger partial charge >= 0.3 is 0 Å². The highest BCUT2D eigenvalue weighted by Gasteiger charge is 2.60. The third kappa shape index (κ3) is 3.17. The molecule has 2 nitrogen and oxygen atoms in total. The highest BCUT2D eigenvalue weighted by Crippen LogP contribution is 2.67. The van der Waals surface area contributed by atoms with Crippen LogP contribution < -0.4 is 0 Å². The maximum absolute atomic E-state index is 12.8. The molecule has 0 heterocycles. The minimum atomic E-state index is -0.749. The molecule has 0 radical (unpaired) electrons. The first-order valence-corrected chi connectivity index (χ1v) is 13.5. The van der Waals surface area contributed by atoms with Gasteiger partial charge in [-0.25, -0.2) is 0 Å². The van der Waals surface area contributed by atoms with Gasteiger partial charge in [-0.2, -0.15) is 0 Å². The third-order valence-electron chi connectivity index (χ3n) is 11.8. The smallest absolute Gasteiger partial charge is 0.187 e. The van der Waals surface area contributed by atoms with Crippen molar-refractivity contribution in [1.29, 1.82) is 0 Å². The molecule has 11 atom stereocenters. The minimum Gasteiger partial charge on any atom is -0.385 e. The predicted molar refractivity (Wildman–Crippen MR) is 126 cm³/mol. The number of aliphatic hydroxyl groups excluding tert-OH is 1. The second-order valence-corrected chi connectivity index (χ2v) is 13.4. The Morgan fingerprint density at radius 2 is 1.81 bits per heavy atom.